The van der Waals surface area contributed by atoms with Crippen molar-refractivity contribution < 1.29 is 24.2 Å². The van der Waals surface area contributed by atoms with Crippen LogP contribution in [0.15, 0.2) is 18.2 Å². The Morgan fingerprint density at radius 3 is 2.48 bits per heavy atom. The van der Waals surface area contributed by atoms with Gasteiger partial charge in [-0.05, 0) is 32.9 Å². The smallest absolute Gasteiger partial charge is 0.410 e. The lowest BCUT2D eigenvalue weighted by atomic mass is 10.2. The zero-order valence-corrected chi connectivity index (χ0v) is 14.6. The third kappa shape index (κ3) is 7.43. The van der Waals surface area contributed by atoms with Crippen molar-refractivity contribution >= 4 is 35.3 Å². The van der Waals surface area contributed by atoms with Crippen LogP contribution in [0.2, 0.25) is 10.0 Å². The van der Waals surface area contributed by atoms with E-state index in [-0.39, 0.29) is 13.2 Å². The van der Waals surface area contributed by atoms with Crippen molar-refractivity contribution in [2.75, 3.05) is 19.7 Å². The van der Waals surface area contributed by atoms with E-state index in [1.807, 2.05) is 0 Å². The number of hydrogen-bond donors (Lipinski definition) is 1. The molecule has 0 saturated heterocycles. The molecule has 0 spiro atoms. The predicted molar refractivity (Wildman–Crippen MR) is 87.4 cm³/mol. The van der Waals surface area contributed by atoms with Crippen molar-refractivity contribution in [3.8, 4) is 5.75 Å². The summed E-state index contributed by atoms with van der Waals surface area (Å²) in [6.07, 6.45) is -0.722. The molecule has 0 aliphatic heterocycles. The van der Waals surface area contributed by atoms with E-state index in [1.165, 1.54) is 0 Å². The van der Waals surface area contributed by atoms with Gasteiger partial charge in [0.2, 0.25) is 0 Å². The predicted octanol–water partition coefficient (Wildman–Crippen LogP) is 3.69. The number of halogens is 2. The first kappa shape index (κ1) is 19.4. The van der Waals surface area contributed by atoms with Crippen molar-refractivity contribution in [2.24, 2.45) is 0 Å². The number of aliphatic carboxylic acids is 1. The molecule has 0 aromatic heterocycles. The molecule has 1 aromatic carbocycles. The maximum atomic E-state index is 12.0. The summed E-state index contributed by atoms with van der Waals surface area (Å²) in [6, 6.07) is 4.75. The summed E-state index contributed by atoms with van der Waals surface area (Å²) in [6.45, 7) is 4.70. The van der Waals surface area contributed by atoms with Crippen molar-refractivity contribution in [1.29, 1.82) is 0 Å². The number of carbonyl (C=O) groups excluding carboxylic acids is 1. The van der Waals surface area contributed by atoms with Gasteiger partial charge in [-0.15, -0.1) is 0 Å². The van der Waals surface area contributed by atoms with Crippen LogP contribution in [0.4, 0.5) is 4.79 Å². The molecular formula is C15H19Cl2NO5. The second-order valence-electron chi connectivity index (χ2n) is 5.72. The van der Waals surface area contributed by atoms with Crippen LogP contribution in [0.5, 0.6) is 5.75 Å². The lowest BCUT2D eigenvalue weighted by molar-refractivity contribution is -0.138. The highest BCUT2D eigenvalue weighted by molar-refractivity contribution is 6.34. The average Bonchev–Trinajstić information content (AvgIpc) is 2.39. The molecule has 0 radical (unpaired) electrons. The summed E-state index contributed by atoms with van der Waals surface area (Å²) < 4.78 is 10.6. The molecule has 0 fully saturated rings. The molecule has 0 atom stereocenters. The van der Waals surface area contributed by atoms with Crippen molar-refractivity contribution in [3.05, 3.63) is 28.2 Å². The number of carboxylic acid groups (broad SMARTS) is 1. The molecule has 6 nitrogen and oxygen atoms in total. The van der Waals surface area contributed by atoms with Gasteiger partial charge in [-0.25, -0.2) is 4.79 Å². The number of benzene rings is 1. The van der Waals surface area contributed by atoms with Gasteiger partial charge in [-0.2, -0.15) is 0 Å². The zero-order valence-electron chi connectivity index (χ0n) is 13.1. The molecule has 1 N–H and O–H groups in total. The molecule has 23 heavy (non-hydrogen) atoms. The quantitative estimate of drug-likeness (QED) is 0.833. The molecule has 1 amide bonds. The first-order chi connectivity index (χ1) is 10.6. The van der Waals surface area contributed by atoms with E-state index in [2.05, 4.69) is 0 Å². The summed E-state index contributed by atoms with van der Waals surface area (Å²) in [4.78, 5) is 23.9. The number of hydrogen-bond acceptors (Lipinski definition) is 4. The van der Waals surface area contributed by atoms with Crippen LogP contribution >= 0.6 is 23.2 Å². The molecule has 8 heteroatoms. The lowest BCUT2D eigenvalue weighted by Gasteiger charge is -2.26. The Hall–Kier alpha value is -1.66. The fraction of sp³-hybridized carbons (Fsp3) is 0.467. The number of amides is 1. The first-order valence-corrected chi connectivity index (χ1v) is 7.61. The summed E-state index contributed by atoms with van der Waals surface area (Å²) in [5.41, 5.74) is -0.717. The summed E-state index contributed by atoms with van der Waals surface area (Å²) in [5.74, 6) is -0.782. The zero-order chi connectivity index (χ0) is 17.6. The second-order valence-corrected chi connectivity index (χ2v) is 6.56. The van der Waals surface area contributed by atoms with E-state index in [1.54, 1.807) is 39.0 Å². The van der Waals surface area contributed by atoms with E-state index in [0.29, 0.717) is 15.8 Å². The Morgan fingerprint density at radius 2 is 1.91 bits per heavy atom. The maximum Gasteiger partial charge on any atom is 0.410 e. The van der Waals surface area contributed by atoms with E-state index in [9.17, 15) is 9.59 Å². The molecule has 1 rings (SSSR count). The molecule has 0 heterocycles. The van der Waals surface area contributed by atoms with Crippen LogP contribution in [0, 0.1) is 0 Å². The highest BCUT2D eigenvalue weighted by atomic mass is 35.5. The lowest BCUT2D eigenvalue weighted by Crippen LogP contribution is -2.41. The molecule has 1 aromatic rings. The third-order valence-corrected chi connectivity index (χ3v) is 3.04. The van der Waals surface area contributed by atoms with Crippen LogP contribution in [0.25, 0.3) is 0 Å². The van der Waals surface area contributed by atoms with E-state index in [0.717, 1.165) is 4.90 Å². The first-order valence-electron chi connectivity index (χ1n) is 6.86. The summed E-state index contributed by atoms with van der Waals surface area (Å²) >= 11 is 11.8. The average molecular weight is 364 g/mol. The Morgan fingerprint density at radius 1 is 1.26 bits per heavy atom. The van der Waals surface area contributed by atoms with Crippen molar-refractivity contribution in [3.63, 3.8) is 0 Å². The van der Waals surface area contributed by atoms with Crippen LogP contribution < -0.4 is 4.74 Å². The number of carbonyl (C=O) groups is 2. The topological polar surface area (TPSA) is 76.1 Å². The van der Waals surface area contributed by atoms with Crippen LogP contribution in [0.1, 0.15) is 20.8 Å². The van der Waals surface area contributed by atoms with Gasteiger partial charge >= 0.3 is 12.1 Å². The van der Waals surface area contributed by atoms with Gasteiger partial charge in [-0.1, -0.05) is 23.2 Å². The van der Waals surface area contributed by atoms with E-state index >= 15 is 0 Å². The van der Waals surface area contributed by atoms with E-state index < -0.39 is 24.2 Å². The SMILES string of the molecule is CC(C)(C)OC(=O)N(CCOc1cc(Cl)ccc1Cl)CC(=O)O. The van der Waals surface area contributed by atoms with Gasteiger partial charge in [-0.3, -0.25) is 9.69 Å². The highest BCUT2D eigenvalue weighted by Gasteiger charge is 2.23. The molecule has 0 saturated carbocycles. The van der Waals surface area contributed by atoms with Gasteiger partial charge in [0.25, 0.3) is 0 Å². The summed E-state index contributed by atoms with van der Waals surface area (Å²) in [7, 11) is 0. The Labute approximate surface area is 144 Å². The summed E-state index contributed by atoms with van der Waals surface area (Å²) in [5, 5.41) is 9.73. The Bertz CT molecular complexity index is 571. The number of carboxylic acids is 1. The monoisotopic (exact) mass is 363 g/mol. The van der Waals surface area contributed by atoms with Gasteiger partial charge in [0, 0.05) is 11.1 Å². The van der Waals surface area contributed by atoms with Gasteiger partial charge in [0.05, 0.1) is 11.6 Å². The molecular weight excluding hydrogens is 345 g/mol. The highest BCUT2D eigenvalue weighted by Crippen LogP contribution is 2.27. The molecule has 128 valence electrons. The van der Waals surface area contributed by atoms with Crippen LogP contribution in [-0.4, -0.2) is 47.4 Å². The minimum atomic E-state index is -1.14. The molecule has 0 aliphatic carbocycles. The number of nitrogens with zero attached hydrogens (tertiary/aromatic N) is 1. The minimum Gasteiger partial charge on any atom is -0.490 e. The third-order valence-electron chi connectivity index (χ3n) is 2.49. The largest absolute Gasteiger partial charge is 0.490 e. The van der Waals surface area contributed by atoms with Crippen LogP contribution in [-0.2, 0) is 9.53 Å². The van der Waals surface area contributed by atoms with Gasteiger partial charge in [0.1, 0.15) is 24.5 Å². The van der Waals surface area contributed by atoms with Gasteiger partial charge in [0.15, 0.2) is 0 Å². The van der Waals surface area contributed by atoms with Crippen molar-refractivity contribution in [1.82, 2.24) is 4.90 Å². The minimum absolute atomic E-state index is 0.0318. The second kappa shape index (κ2) is 8.26. The maximum absolute atomic E-state index is 12.0. The normalized spacial score (nSPS) is 11.0. The standard InChI is InChI=1S/C15H19Cl2NO5/c1-15(2,3)23-14(21)18(9-13(19)20)6-7-22-12-8-10(16)4-5-11(12)17/h4-5,8H,6-7,9H2,1-3H3,(H,19,20). The number of ether oxygens (including phenoxy) is 2. The molecule has 0 unspecified atom stereocenters. The fourth-order valence-corrected chi connectivity index (χ4v) is 1.91. The number of rotatable bonds is 6. The van der Waals surface area contributed by atoms with Gasteiger partial charge < -0.3 is 14.6 Å². The fourth-order valence-electron chi connectivity index (χ4n) is 1.58. The Balaban J connectivity index is 2.65. The van der Waals surface area contributed by atoms with Crippen molar-refractivity contribution in [2.45, 2.75) is 26.4 Å². The van der Waals surface area contributed by atoms with E-state index in [4.69, 9.17) is 37.8 Å². The molecule has 0 bridgehead atoms. The molecule has 0 aliphatic rings. The van der Waals surface area contributed by atoms with Crippen LogP contribution in [0.3, 0.4) is 0 Å². The Kier molecular flexibility index (Phi) is 6.97.